The van der Waals surface area contributed by atoms with Crippen LogP contribution in [0.25, 0.3) is 0 Å². The molecule has 1 aliphatic rings. The lowest BCUT2D eigenvalue weighted by molar-refractivity contribution is 0.0303. The maximum atomic E-state index is 12.5. The Balaban J connectivity index is 2.11. The number of carbonyl (C=O) groups excluding carboxylic acids is 1. The highest BCUT2D eigenvalue weighted by Crippen LogP contribution is 2.26. The number of hydrogen-bond acceptors (Lipinski definition) is 5. The monoisotopic (exact) mass is 294 g/mol. The van der Waals surface area contributed by atoms with Crippen LogP contribution >= 0.6 is 0 Å². The molecule has 6 nitrogen and oxygen atoms in total. The second kappa shape index (κ2) is 7.85. The summed E-state index contributed by atoms with van der Waals surface area (Å²) in [4.78, 5) is 14.3. The minimum absolute atomic E-state index is 0.0238. The molecule has 1 N–H and O–H groups in total. The van der Waals surface area contributed by atoms with Crippen LogP contribution in [0.15, 0.2) is 18.2 Å². The van der Waals surface area contributed by atoms with Crippen LogP contribution in [0, 0.1) is 0 Å². The zero-order valence-corrected chi connectivity index (χ0v) is 12.6. The van der Waals surface area contributed by atoms with Gasteiger partial charge >= 0.3 is 0 Å². The highest BCUT2D eigenvalue weighted by molar-refractivity contribution is 5.95. The zero-order chi connectivity index (χ0) is 15.1. The van der Waals surface area contributed by atoms with Gasteiger partial charge in [0.1, 0.15) is 5.75 Å². The molecule has 0 unspecified atom stereocenters. The quantitative estimate of drug-likeness (QED) is 0.800. The van der Waals surface area contributed by atoms with Gasteiger partial charge in [-0.05, 0) is 18.2 Å². The molecule has 0 aromatic heterocycles. The minimum atomic E-state index is 0.0238. The van der Waals surface area contributed by atoms with Gasteiger partial charge in [0, 0.05) is 32.3 Å². The Bertz CT molecular complexity index is 473. The van der Waals surface area contributed by atoms with Crippen molar-refractivity contribution in [3.05, 3.63) is 23.8 Å². The van der Waals surface area contributed by atoms with Crippen LogP contribution in [-0.4, -0.2) is 64.5 Å². The number of rotatable bonds is 6. The molecule has 21 heavy (non-hydrogen) atoms. The predicted molar refractivity (Wildman–Crippen MR) is 80.1 cm³/mol. The van der Waals surface area contributed by atoms with Crippen LogP contribution in [0.1, 0.15) is 10.4 Å². The number of hydrogen-bond donors (Lipinski definition) is 1. The molecule has 1 aliphatic heterocycles. The fourth-order valence-corrected chi connectivity index (χ4v) is 2.22. The first-order chi connectivity index (χ1) is 10.3. The Morgan fingerprint density at radius 3 is 2.76 bits per heavy atom. The largest absolute Gasteiger partial charge is 0.495 e. The van der Waals surface area contributed by atoms with Crippen molar-refractivity contribution in [3.63, 3.8) is 0 Å². The summed E-state index contributed by atoms with van der Waals surface area (Å²) in [6.07, 6.45) is 0. The maximum Gasteiger partial charge on any atom is 0.254 e. The van der Waals surface area contributed by atoms with E-state index >= 15 is 0 Å². The first-order valence-electron chi connectivity index (χ1n) is 7.04. The number of benzene rings is 1. The van der Waals surface area contributed by atoms with Gasteiger partial charge in [-0.2, -0.15) is 0 Å². The summed E-state index contributed by atoms with van der Waals surface area (Å²) in [6.45, 7) is 3.71. The van der Waals surface area contributed by atoms with E-state index in [1.54, 1.807) is 20.3 Å². The van der Waals surface area contributed by atoms with Crippen molar-refractivity contribution in [1.29, 1.82) is 0 Å². The van der Waals surface area contributed by atoms with Gasteiger partial charge in [0.05, 0.1) is 32.6 Å². The normalized spacial score (nSPS) is 14.9. The second-order valence-corrected chi connectivity index (χ2v) is 4.74. The standard InChI is InChI=1S/C15H22N2O4/c1-19-8-5-16-13-11-12(3-4-14(13)20-2)15(18)17-6-9-21-10-7-17/h3-4,11,16H,5-10H2,1-2H3. The molecular formula is C15H22N2O4. The van der Waals surface area contributed by atoms with E-state index in [2.05, 4.69) is 5.32 Å². The van der Waals surface area contributed by atoms with Crippen LogP contribution < -0.4 is 10.1 Å². The molecule has 1 fully saturated rings. The number of methoxy groups -OCH3 is 2. The summed E-state index contributed by atoms with van der Waals surface area (Å²) in [7, 11) is 3.26. The van der Waals surface area contributed by atoms with Gasteiger partial charge in [0.25, 0.3) is 5.91 Å². The van der Waals surface area contributed by atoms with Gasteiger partial charge in [-0.3, -0.25) is 4.79 Å². The molecule has 0 radical (unpaired) electrons. The Labute approximate surface area is 125 Å². The Morgan fingerprint density at radius 1 is 1.33 bits per heavy atom. The van der Waals surface area contributed by atoms with Crippen molar-refractivity contribution < 1.29 is 19.0 Å². The van der Waals surface area contributed by atoms with Crippen molar-refractivity contribution in [2.24, 2.45) is 0 Å². The Kier molecular flexibility index (Phi) is 5.83. The van der Waals surface area contributed by atoms with E-state index in [1.165, 1.54) is 0 Å². The van der Waals surface area contributed by atoms with Crippen molar-refractivity contribution >= 4 is 11.6 Å². The molecule has 0 saturated carbocycles. The van der Waals surface area contributed by atoms with E-state index in [0.29, 0.717) is 50.8 Å². The molecule has 1 amide bonds. The van der Waals surface area contributed by atoms with Gasteiger partial charge in [0.2, 0.25) is 0 Å². The first kappa shape index (κ1) is 15.6. The van der Waals surface area contributed by atoms with Gasteiger partial charge < -0.3 is 24.4 Å². The third-order valence-corrected chi connectivity index (χ3v) is 3.37. The Morgan fingerprint density at radius 2 is 2.10 bits per heavy atom. The van der Waals surface area contributed by atoms with Crippen LogP contribution in [-0.2, 0) is 9.47 Å². The molecule has 116 valence electrons. The molecule has 0 spiro atoms. The van der Waals surface area contributed by atoms with Crippen LogP contribution in [0.3, 0.4) is 0 Å². The van der Waals surface area contributed by atoms with E-state index in [4.69, 9.17) is 14.2 Å². The van der Waals surface area contributed by atoms with Crippen LogP contribution in [0.2, 0.25) is 0 Å². The smallest absolute Gasteiger partial charge is 0.254 e. The molecule has 6 heteroatoms. The highest BCUT2D eigenvalue weighted by Gasteiger charge is 2.19. The highest BCUT2D eigenvalue weighted by atomic mass is 16.5. The molecule has 1 saturated heterocycles. The molecule has 0 bridgehead atoms. The molecule has 1 aromatic carbocycles. The SMILES string of the molecule is COCCNc1cc(C(=O)N2CCOCC2)ccc1OC. The Hall–Kier alpha value is -1.79. The average Bonchev–Trinajstić information content (AvgIpc) is 2.55. The van der Waals surface area contributed by atoms with Crippen LogP contribution in [0.4, 0.5) is 5.69 Å². The van der Waals surface area contributed by atoms with E-state index < -0.39 is 0 Å². The summed E-state index contributed by atoms with van der Waals surface area (Å²) >= 11 is 0. The van der Waals surface area contributed by atoms with Crippen molar-refractivity contribution in [1.82, 2.24) is 4.90 Å². The number of morpholine rings is 1. The fourth-order valence-electron chi connectivity index (χ4n) is 2.22. The number of ether oxygens (including phenoxy) is 3. The van der Waals surface area contributed by atoms with Crippen molar-refractivity contribution in [3.8, 4) is 5.75 Å². The second-order valence-electron chi connectivity index (χ2n) is 4.74. The van der Waals surface area contributed by atoms with Gasteiger partial charge in [-0.15, -0.1) is 0 Å². The van der Waals surface area contributed by atoms with E-state index in [-0.39, 0.29) is 5.91 Å². The first-order valence-corrected chi connectivity index (χ1v) is 7.04. The lowest BCUT2D eigenvalue weighted by atomic mass is 10.1. The van der Waals surface area contributed by atoms with Gasteiger partial charge in [-0.1, -0.05) is 0 Å². The summed E-state index contributed by atoms with van der Waals surface area (Å²) in [6, 6.07) is 5.42. The summed E-state index contributed by atoms with van der Waals surface area (Å²) in [5, 5.41) is 3.22. The lowest BCUT2D eigenvalue weighted by Gasteiger charge is -2.27. The van der Waals surface area contributed by atoms with Crippen molar-refractivity contribution in [2.45, 2.75) is 0 Å². The average molecular weight is 294 g/mol. The summed E-state index contributed by atoms with van der Waals surface area (Å²) < 4.78 is 15.6. The van der Waals surface area contributed by atoms with Crippen LogP contribution in [0.5, 0.6) is 5.75 Å². The maximum absolute atomic E-state index is 12.5. The number of amides is 1. The zero-order valence-electron chi connectivity index (χ0n) is 12.6. The fraction of sp³-hybridized carbons (Fsp3) is 0.533. The number of nitrogens with zero attached hydrogens (tertiary/aromatic N) is 1. The number of nitrogens with one attached hydrogen (secondary N) is 1. The van der Waals surface area contributed by atoms with Gasteiger partial charge in [0.15, 0.2) is 0 Å². The molecule has 0 atom stereocenters. The molecule has 1 aromatic rings. The molecule has 0 aliphatic carbocycles. The summed E-state index contributed by atoms with van der Waals surface area (Å²) in [5.74, 6) is 0.736. The number of carbonyl (C=O) groups is 1. The topological polar surface area (TPSA) is 60.0 Å². The predicted octanol–water partition coefficient (Wildman–Crippen LogP) is 1.23. The van der Waals surface area contributed by atoms with E-state index in [9.17, 15) is 4.79 Å². The lowest BCUT2D eigenvalue weighted by Crippen LogP contribution is -2.40. The van der Waals surface area contributed by atoms with Crippen molar-refractivity contribution in [2.75, 3.05) is 59.0 Å². The minimum Gasteiger partial charge on any atom is -0.495 e. The molecule has 1 heterocycles. The third-order valence-electron chi connectivity index (χ3n) is 3.37. The summed E-state index contributed by atoms with van der Waals surface area (Å²) in [5.41, 5.74) is 1.45. The van der Waals surface area contributed by atoms with Gasteiger partial charge in [-0.25, -0.2) is 0 Å². The third kappa shape index (κ3) is 4.09. The molecular weight excluding hydrogens is 272 g/mol. The van der Waals surface area contributed by atoms with E-state index in [0.717, 1.165) is 5.69 Å². The van der Waals surface area contributed by atoms with E-state index in [1.807, 2.05) is 17.0 Å². The number of anilines is 1. The molecule has 2 rings (SSSR count).